The fourth-order valence-corrected chi connectivity index (χ4v) is 2.95. The Morgan fingerprint density at radius 3 is 1.55 bits per heavy atom. The standard InChI is InChI=1S/C25H26N2O2/c1-27-23-14-8-19(9-15-23)5-11-21-17-24(28-2)20(16-25(21)29-3)10-4-18-6-12-22(26)13-7-18/h4-17,27H,26H2,1-3H3/b10-4+,11-5+/i1-1. The molecule has 0 fully saturated rings. The minimum Gasteiger partial charge on any atom is -0.496 e. The van der Waals surface area contributed by atoms with Crippen LogP contribution in [0, 0.1) is 0 Å². The van der Waals surface area contributed by atoms with Crippen LogP contribution in [0.4, 0.5) is 11.4 Å². The van der Waals surface area contributed by atoms with Crippen molar-refractivity contribution in [2.75, 3.05) is 32.3 Å². The van der Waals surface area contributed by atoms with Gasteiger partial charge in [0.05, 0.1) is 14.2 Å². The lowest BCUT2D eigenvalue weighted by Gasteiger charge is -2.11. The van der Waals surface area contributed by atoms with E-state index in [1.807, 2.05) is 73.8 Å². The zero-order chi connectivity index (χ0) is 20.6. The van der Waals surface area contributed by atoms with Gasteiger partial charge >= 0.3 is 0 Å². The van der Waals surface area contributed by atoms with E-state index in [9.17, 15) is 0 Å². The third-order valence-electron chi connectivity index (χ3n) is 4.63. The second-order valence-corrected chi connectivity index (χ2v) is 6.54. The number of nitrogens with two attached hydrogens (primary N) is 1. The molecule has 0 amide bonds. The lowest BCUT2D eigenvalue weighted by Crippen LogP contribution is -1.93. The molecule has 0 aliphatic rings. The van der Waals surface area contributed by atoms with E-state index in [4.69, 9.17) is 15.2 Å². The normalized spacial score (nSPS) is 11.1. The van der Waals surface area contributed by atoms with Gasteiger partial charge in [0.15, 0.2) is 0 Å². The molecule has 4 nitrogen and oxygen atoms in total. The summed E-state index contributed by atoms with van der Waals surface area (Å²) in [5.74, 6) is 1.56. The maximum atomic E-state index is 5.75. The number of hydrogen-bond donors (Lipinski definition) is 2. The van der Waals surface area contributed by atoms with Gasteiger partial charge in [-0.05, 0) is 47.5 Å². The molecular formula is C25H26N2O2. The number of nitrogens with one attached hydrogen (secondary N) is 1. The van der Waals surface area contributed by atoms with Gasteiger partial charge in [-0.1, -0.05) is 48.6 Å². The SMILES string of the molecule is COc1cc(/C=C/c2ccc(N[11CH3])cc2)c(OC)cc1/C=C/c1ccc(N)cc1. The predicted octanol–water partition coefficient (Wildman–Crippen LogP) is 5.67. The predicted molar refractivity (Wildman–Crippen MR) is 124 cm³/mol. The van der Waals surface area contributed by atoms with Gasteiger partial charge in [0.25, 0.3) is 0 Å². The van der Waals surface area contributed by atoms with Gasteiger partial charge in [0.2, 0.25) is 0 Å². The van der Waals surface area contributed by atoms with Crippen molar-refractivity contribution in [3.05, 3.63) is 82.9 Å². The third kappa shape index (κ3) is 5.20. The van der Waals surface area contributed by atoms with Crippen molar-refractivity contribution < 1.29 is 9.47 Å². The highest BCUT2D eigenvalue weighted by atomic mass is 16.5. The summed E-state index contributed by atoms with van der Waals surface area (Å²) in [6, 6.07) is 19.9. The van der Waals surface area contributed by atoms with Gasteiger partial charge in [-0.25, -0.2) is 0 Å². The van der Waals surface area contributed by atoms with Crippen molar-refractivity contribution in [2.24, 2.45) is 0 Å². The molecule has 0 spiro atoms. The molecular weight excluding hydrogens is 359 g/mol. The Morgan fingerprint density at radius 2 is 1.14 bits per heavy atom. The largest absolute Gasteiger partial charge is 0.496 e. The molecule has 0 aromatic heterocycles. The second kappa shape index (κ2) is 9.51. The van der Waals surface area contributed by atoms with Crippen molar-refractivity contribution in [1.29, 1.82) is 0 Å². The molecule has 0 saturated heterocycles. The molecule has 0 heterocycles. The monoisotopic (exact) mass is 385 g/mol. The molecule has 3 N–H and O–H groups in total. The average Bonchev–Trinajstić information content (AvgIpc) is 2.77. The molecule has 29 heavy (non-hydrogen) atoms. The van der Waals surface area contributed by atoms with E-state index in [1.54, 1.807) is 14.2 Å². The molecule has 0 bridgehead atoms. The van der Waals surface area contributed by atoms with Gasteiger partial charge in [-0.3, -0.25) is 0 Å². The molecule has 0 aliphatic carbocycles. The second-order valence-electron chi connectivity index (χ2n) is 6.54. The minimum absolute atomic E-state index is 0.748. The Balaban J connectivity index is 1.88. The smallest absolute Gasteiger partial charge is 0.126 e. The maximum absolute atomic E-state index is 5.75. The number of methoxy groups -OCH3 is 2. The fourth-order valence-electron chi connectivity index (χ4n) is 2.95. The van der Waals surface area contributed by atoms with Crippen LogP contribution < -0.4 is 20.5 Å². The van der Waals surface area contributed by atoms with Crippen LogP contribution in [0.2, 0.25) is 0 Å². The van der Waals surface area contributed by atoms with Crippen molar-refractivity contribution in [1.82, 2.24) is 0 Å². The Bertz CT molecular complexity index is 1000. The average molecular weight is 385 g/mol. The van der Waals surface area contributed by atoms with Gasteiger partial charge in [0, 0.05) is 29.5 Å². The van der Waals surface area contributed by atoms with Crippen molar-refractivity contribution in [3.8, 4) is 11.5 Å². The summed E-state index contributed by atoms with van der Waals surface area (Å²) in [4.78, 5) is 0. The minimum atomic E-state index is 0.748. The summed E-state index contributed by atoms with van der Waals surface area (Å²) < 4.78 is 11.2. The number of ether oxygens (including phenoxy) is 2. The number of benzene rings is 3. The van der Waals surface area contributed by atoms with Gasteiger partial charge in [-0.15, -0.1) is 0 Å². The van der Waals surface area contributed by atoms with Crippen LogP contribution in [0.15, 0.2) is 60.7 Å². The van der Waals surface area contributed by atoms with Crippen LogP contribution >= 0.6 is 0 Å². The molecule has 3 aromatic rings. The first-order valence-electron chi connectivity index (χ1n) is 9.38. The molecule has 3 rings (SSSR count). The van der Waals surface area contributed by atoms with Gasteiger partial charge in [-0.2, -0.15) is 0 Å². The van der Waals surface area contributed by atoms with Crippen molar-refractivity contribution in [2.45, 2.75) is 0 Å². The van der Waals surface area contributed by atoms with E-state index in [2.05, 4.69) is 23.5 Å². The van der Waals surface area contributed by atoms with Crippen LogP contribution in [-0.4, -0.2) is 21.3 Å². The zero-order valence-electron chi connectivity index (χ0n) is 17.0. The summed E-state index contributed by atoms with van der Waals surface area (Å²) in [5, 5.41) is 3.12. The molecule has 3 aromatic carbocycles. The highest BCUT2D eigenvalue weighted by Gasteiger charge is 2.08. The highest BCUT2D eigenvalue weighted by molar-refractivity contribution is 5.79. The topological polar surface area (TPSA) is 56.5 Å². The molecule has 148 valence electrons. The van der Waals surface area contributed by atoms with E-state index in [-0.39, 0.29) is 0 Å². The number of nitrogen functional groups attached to an aromatic ring is 1. The van der Waals surface area contributed by atoms with E-state index in [0.29, 0.717) is 0 Å². The van der Waals surface area contributed by atoms with E-state index in [1.165, 1.54) is 0 Å². The van der Waals surface area contributed by atoms with E-state index >= 15 is 0 Å². The zero-order valence-corrected chi connectivity index (χ0v) is 17.0. The molecule has 0 aliphatic heterocycles. The summed E-state index contributed by atoms with van der Waals surface area (Å²) in [6.07, 6.45) is 8.12. The number of anilines is 2. The van der Waals surface area contributed by atoms with Gasteiger partial charge in [0.1, 0.15) is 11.5 Å². The first kappa shape index (κ1) is 20.1. The molecule has 0 atom stereocenters. The molecule has 0 saturated carbocycles. The fraction of sp³-hybridized carbons (Fsp3) is 0.120. The first-order valence-corrected chi connectivity index (χ1v) is 9.38. The van der Waals surface area contributed by atoms with Crippen LogP contribution in [-0.2, 0) is 0 Å². The molecule has 0 radical (unpaired) electrons. The summed E-state index contributed by atoms with van der Waals surface area (Å²) >= 11 is 0. The van der Waals surface area contributed by atoms with Crippen LogP contribution in [0.25, 0.3) is 24.3 Å². The Morgan fingerprint density at radius 1 is 0.690 bits per heavy atom. The van der Waals surface area contributed by atoms with Crippen molar-refractivity contribution >= 4 is 35.7 Å². The molecule has 0 unspecified atom stereocenters. The Hall–Kier alpha value is -3.66. The Kier molecular flexibility index (Phi) is 6.59. The maximum Gasteiger partial charge on any atom is 0.126 e. The lowest BCUT2D eigenvalue weighted by atomic mass is 10.1. The summed E-state index contributed by atoms with van der Waals surface area (Å²) in [6.45, 7) is 0. The summed E-state index contributed by atoms with van der Waals surface area (Å²) in [7, 11) is 5.26. The van der Waals surface area contributed by atoms with Crippen LogP contribution in [0.3, 0.4) is 0 Å². The van der Waals surface area contributed by atoms with E-state index < -0.39 is 0 Å². The van der Waals surface area contributed by atoms with Crippen molar-refractivity contribution in [3.63, 3.8) is 0 Å². The number of hydrogen-bond acceptors (Lipinski definition) is 4. The molecule has 4 heteroatoms. The Labute approximate surface area is 172 Å². The first-order chi connectivity index (χ1) is 14.1. The highest BCUT2D eigenvalue weighted by Crippen LogP contribution is 2.31. The van der Waals surface area contributed by atoms with Crippen LogP contribution in [0.1, 0.15) is 22.3 Å². The lowest BCUT2D eigenvalue weighted by molar-refractivity contribution is 0.401. The van der Waals surface area contributed by atoms with Gasteiger partial charge < -0.3 is 20.5 Å². The van der Waals surface area contributed by atoms with E-state index in [0.717, 1.165) is 45.1 Å². The quantitative estimate of drug-likeness (QED) is 0.406. The third-order valence-corrected chi connectivity index (χ3v) is 4.63. The summed E-state index contributed by atoms with van der Waals surface area (Å²) in [5.41, 5.74) is 11.6. The number of rotatable bonds is 7. The van der Waals surface area contributed by atoms with Crippen LogP contribution in [0.5, 0.6) is 11.5 Å².